The van der Waals surface area contributed by atoms with Crippen molar-refractivity contribution in [1.29, 1.82) is 0 Å². The Morgan fingerprint density at radius 3 is 2.47 bits per heavy atom. The third kappa shape index (κ3) is 5.62. The minimum Gasteiger partial charge on any atom is -0.489 e. The minimum absolute atomic E-state index is 0.0717. The van der Waals surface area contributed by atoms with E-state index in [-0.39, 0.29) is 36.6 Å². The van der Waals surface area contributed by atoms with Crippen molar-refractivity contribution < 1.29 is 32.2 Å². The number of hydrogen-bond donors (Lipinski definition) is 1. The van der Waals surface area contributed by atoms with Crippen molar-refractivity contribution in [3.8, 4) is 5.75 Å². The number of carbonyl (C=O) groups is 1. The molecule has 30 heavy (non-hydrogen) atoms. The van der Waals surface area contributed by atoms with Gasteiger partial charge >= 0.3 is 12.1 Å². The largest absolute Gasteiger partial charge is 0.489 e. The summed E-state index contributed by atoms with van der Waals surface area (Å²) in [5.41, 5.74) is 1.69. The first-order valence-corrected chi connectivity index (χ1v) is 9.72. The van der Waals surface area contributed by atoms with Crippen LogP contribution in [0.1, 0.15) is 42.4 Å². The summed E-state index contributed by atoms with van der Waals surface area (Å²) in [6, 6.07) is 10.2. The second-order valence-corrected chi connectivity index (χ2v) is 7.33. The summed E-state index contributed by atoms with van der Waals surface area (Å²) in [6.07, 6.45) is -2.23. The smallest absolute Gasteiger partial charge is 0.416 e. The van der Waals surface area contributed by atoms with Gasteiger partial charge in [0.2, 0.25) is 0 Å². The third-order valence-corrected chi connectivity index (χ3v) is 5.23. The number of ether oxygens (including phenoxy) is 1. The van der Waals surface area contributed by atoms with Gasteiger partial charge in [-0.2, -0.15) is 13.2 Å². The van der Waals surface area contributed by atoms with Crippen molar-refractivity contribution >= 4 is 5.97 Å². The molecule has 0 fully saturated rings. The number of aliphatic carboxylic acids is 1. The fourth-order valence-electron chi connectivity index (χ4n) is 3.67. The van der Waals surface area contributed by atoms with Crippen LogP contribution in [0.4, 0.5) is 17.6 Å². The molecule has 7 heteroatoms. The van der Waals surface area contributed by atoms with Crippen molar-refractivity contribution in [1.82, 2.24) is 0 Å². The lowest BCUT2D eigenvalue weighted by atomic mass is 10.0. The van der Waals surface area contributed by atoms with Gasteiger partial charge in [-0.05, 0) is 67.0 Å². The van der Waals surface area contributed by atoms with Crippen molar-refractivity contribution in [3.05, 3.63) is 76.1 Å². The molecule has 0 bridgehead atoms. The van der Waals surface area contributed by atoms with E-state index in [0.29, 0.717) is 12.0 Å². The number of carboxylic acids is 1. The molecule has 3 nitrogen and oxygen atoms in total. The molecular formula is C23H22F4O3. The summed E-state index contributed by atoms with van der Waals surface area (Å²) in [4.78, 5) is 10.7. The van der Waals surface area contributed by atoms with Gasteiger partial charge < -0.3 is 9.84 Å². The Morgan fingerprint density at radius 2 is 1.77 bits per heavy atom. The molecule has 0 atom stereocenters. The van der Waals surface area contributed by atoms with E-state index in [0.717, 1.165) is 36.5 Å². The zero-order valence-corrected chi connectivity index (χ0v) is 16.3. The van der Waals surface area contributed by atoms with E-state index in [1.54, 1.807) is 18.2 Å². The fourth-order valence-corrected chi connectivity index (χ4v) is 3.67. The lowest BCUT2D eigenvalue weighted by molar-refractivity contribution is -0.140. The fraction of sp³-hybridized carbons (Fsp3) is 0.348. The molecule has 0 heterocycles. The predicted molar refractivity (Wildman–Crippen MR) is 104 cm³/mol. The van der Waals surface area contributed by atoms with E-state index >= 15 is 0 Å². The molecule has 2 aromatic carbocycles. The van der Waals surface area contributed by atoms with Crippen LogP contribution in [-0.4, -0.2) is 17.7 Å². The van der Waals surface area contributed by atoms with Crippen LogP contribution in [0.25, 0.3) is 0 Å². The van der Waals surface area contributed by atoms with E-state index in [1.165, 1.54) is 18.2 Å². The summed E-state index contributed by atoms with van der Waals surface area (Å²) >= 11 is 0. The molecule has 0 spiro atoms. The van der Waals surface area contributed by atoms with Crippen LogP contribution >= 0.6 is 0 Å². The number of allylic oxidation sites excluding steroid dienone is 1. The summed E-state index contributed by atoms with van der Waals surface area (Å²) in [5, 5.41) is 8.74. The molecule has 0 aliphatic heterocycles. The first-order chi connectivity index (χ1) is 14.2. The van der Waals surface area contributed by atoms with Crippen molar-refractivity contribution in [2.75, 3.05) is 6.61 Å². The van der Waals surface area contributed by atoms with Gasteiger partial charge in [0, 0.05) is 6.42 Å². The second-order valence-electron chi connectivity index (χ2n) is 7.33. The van der Waals surface area contributed by atoms with Crippen LogP contribution in [-0.2, 0) is 23.8 Å². The van der Waals surface area contributed by atoms with E-state index in [4.69, 9.17) is 9.84 Å². The van der Waals surface area contributed by atoms with Gasteiger partial charge in [0.25, 0.3) is 0 Å². The Kier molecular flexibility index (Phi) is 6.80. The molecule has 0 saturated carbocycles. The molecule has 1 aliphatic rings. The molecule has 1 N–H and O–H groups in total. The third-order valence-electron chi connectivity index (χ3n) is 5.23. The average molecular weight is 422 g/mol. The van der Waals surface area contributed by atoms with Gasteiger partial charge in [-0.25, -0.2) is 4.39 Å². The van der Waals surface area contributed by atoms with Crippen LogP contribution in [0.2, 0.25) is 0 Å². The Hall–Kier alpha value is -2.83. The summed E-state index contributed by atoms with van der Waals surface area (Å²) in [6.45, 7) is 0.148. The highest BCUT2D eigenvalue weighted by atomic mass is 19.4. The van der Waals surface area contributed by atoms with Gasteiger partial charge in [0.1, 0.15) is 18.2 Å². The molecular weight excluding hydrogens is 400 g/mol. The lowest BCUT2D eigenvalue weighted by Crippen LogP contribution is -2.11. The number of aryl methyl sites for hydroxylation is 1. The van der Waals surface area contributed by atoms with E-state index in [2.05, 4.69) is 0 Å². The van der Waals surface area contributed by atoms with Crippen LogP contribution in [0, 0.1) is 5.82 Å². The maximum atomic E-state index is 13.9. The van der Waals surface area contributed by atoms with Gasteiger partial charge in [0.15, 0.2) is 0 Å². The topological polar surface area (TPSA) is 46.5 Å². The summed E-state index contributed by atoms with van der Waals surface area (Å²) in [5.74, 6) is -1.35. The zero-order valence-electron chi connectivity index (χ0n) is 16.3. The molecule has 1 aliphatic carbocycles. The molecule has 0 amide bonds. The van der Waals surface area contributed by atoms with Gasteiger partial charge in [-0.1, -0.05) is 29.8 Å². The highest BCUT2D eigenvalue weighted by Gasteiger charge is 2.33. The number of halogens is 4. The standard InChI is InChI=1S/C23H22F4O3/c24-21-7-2-1-4-17(21)12-16-5-3-6-18(16)14-30-19-10-8-15(9-11-22(28)29)20(13-19)23(25,26)27/h1-2,4,7-8,10,13H,3,5-6,9,11-12,14H2,(H,28,29). The zero-order chi connectivity index (χ0) is 21.7. The number of rotatable bonds is 8. The number of alkyl halides is 3. The van der Waals surface area contributed by atoms with E-state index in [9.17, 15) is 22.4 Å². The Balaban J connectivity index is 1.74. The predicted octanol–water partition coefficient (Wildman–Crippen LogP) is 5.96. The SMILES string of the molecule is O=C(O)CCc1ccc(OCC2=C(Cc3ccccc3F)CCC2)cc1C(F)(F)F. The Labute approximate surface area is 172 Å². The quantitative estimate of drug-likeness (QED) is 0.422. The van der Waals surface area contributed by atoms with Gasteiger partial charge in [0.05, 0.1) is 5.56 Å². The second kappa shape index (κ2) is 9.32. The maximum absolute atomic E-state index is 13.9. The van der Waals surface area contributed by atoms with Crippen LogP contribution in [0.3, 0.4) is 0 Å². The number of benzene rings is 2. The van der Waals surface area contributed by atoms with Crippen molar-refractivity contribution in [3.63, 3.8) is 0 Å². The van der Waals surface area contributed by atoms with Crippen LogP contribution < -0.4 is 4.74 Å². The lowest BCUT2D eigenvalue weighted by Gasteiger charge is -2.15. The summed E-state index contributed by atoms with van der Waals surface area (Å²) < 4.78 is 59.7. The Morgan fingerprint density at radius 1 is 1.03 bits per heavy atom. The van der Waals surface area contributed by atoms with Crippen molar-refractivity contribution in [2.24, 2.45) is 0 Å². The summed E-state index contributed by atoms with van der Waals surface area (Å²) in [7, 11) is 0. The van der Waals surface area contributed by atoms with Gasteiger partial charge in [-0.15, -0.1) is 0 Å². The first-order valence-electron chi connectivity index (χ1n) is 9.72. The van der Waals surface area contributed by atoms with E-state index in [1.807, 2.05) is 0 Å². The molecule has 2 aromatic rings. The number of hydrogen-bond acceptors (Lipinski definition) is 2. The molecule has 3 rings (SSSR count). The monoisotopic (exact) mass is 422 g/mol. The first kappa shape index (κ1) is 21.9. The molecule has 0 radical (unpaired) electrons. The maximum Gasteiger partial charge on any atom is 0.416 e. The molecule has 0 saturated heterocycles. The highest BCUT2D eigenvalue weighted by molar-refractivity contribution is 5.67. The van der Waals surface area contributed by atoms with Crippen molar-refractivity contribution in [2.45, 2.75) is 44.7 Å². The number of carboxylic acid groups (broad SMARTS) is 1. The van der Waals surface area contributed by atoms with E-state index < -0.39 is 17.7 Å². The molecule has 160 valence electrons. The van der Waals surface area contributed by atoms with Crippen LogP contribution in [0.15, 0.2) is 53.6 Å². The Bertz CT molecular complexity index is 948. The minimum atomic E-state index is -4.60. The highest BCUT2D eigenvalue weighted by Crippen LogP contribution is 2.36. The normalized spacial score (nSPS) is 14.3. The molecule has 0 unspecified atom stereocenters. The van der Waals surface area contributed by atoms with Crippen LogP contribution in [0.5, 0.6) is 5.75 Å². The average Bonchev–Trinajstić information content (AvgIpc) is 3.13. The van der Waals surface area contributed by atoms with Gasteiger partial charge in [-0.3, -0.25) is 4.79 Å². The molecule has 0 aromatic heterocycles.